The number of benzene rings is 3. The van der Waals surface area contributed by atoms with Gasteiger partial charge in [0, 0.05) is 12.5 Å². The second kappa shape index (κ2) is 22.6. The van der Waals surface area contributed by atoms with Crippen LogP contribution >= 0.6 is 0 Å². The van der Waals surface area contributed by atoms with E-state index in [4.69, 9.17) is 23.7 Å². The summed E-state index contributed by atoms with van der Waals surface area (Å²) < 4.78 is 28.7. The van der Waals surface area contributed by atoms with Crippen LogP contribution in [0.2, 0.25) is 0 Å². The average molecular weight is 905 g/mol. The van der Waals surface area contributed by atoms with Gasteiger partial charge in [0.05, 0.1) is 34.4 Å². The fourth-order valence-corrected chi connectivity index (χ4v) is 9.37. The minimum Gasteiger partial charge on any atom is -0.465 e. The van der Waals surface area contributed by atoms with Crippen LogP contribution in [0.4, 0.5) is 0 Å². The summed E-state index contributed by atoms with van der Waals surface area (Å²) in [6.07, 6.45) is 1.92. The molecule has 360 valence electrons. The number of esters is 5. The molecule has 0 aromatic heterocycles. The maximum atomic E-state index is 15.1. The summed E-state index contributed by atoms with van der Waals surface area (Å²) >= 11 is 0. The Hall–Kier alpha value is -4.84. The number of ether oxygens (including phenoxy) is 5. The third kappa shape index (κ3) is 13.4. The molecule has 12 heteroatoms. The molecule has 0 saturated heterocycles. The van der Waals surface area contributed by atoms with E-state index in [-0.39, 0.29) is 45.5 Å². The van der Waals surface area contributed by atoms with E-state index in [0.717, 1.165) is 40.5 Å². The Balaban J connectivity index is 2.29. The third-order valence-corrected chi connectivity index (χ3v) is 14.2. The van der Waals surface area contributed by atoms with Gasteiger partial charge in [-0.15, -0.1) is 0 Å². The van der Waals surface area contributed by atoms with Gasteiger partial charge in [0.25, 0.3) is 0 Å². The predicted molar refractivity (Wildman–Crippen MR) is 251 cm³/mol. The van der Waals surface area contributed by atoms with Gasteiger partial charge in [-0.25, -0.2) is 4.79 Å². The van der Waals surface area contributed by atoms with Crippen LogP contribution < -0.4 is 0 Å². The minimum atomic E-state index is -1.72. The van der Waals surface area contributed by atoms with E-state index >= 15 is 4.79 Å². The summed E-state index contributed by atoms with van der Waals surface area (Å²) in [4.78, 5) is 83.0. The van der Waals surface area contributed by atoms with E-state index in [0.29, 0.717) is 25.7 Å². The van der Waals surface area contributed by atoms with Crippen LogP contribution in [0.15, 0.2) is 54.6 Å². The molecule has 0 aliphatic rings. The van der Waals surface area contributed by atoms with Gasteiger partial charge in [-0.05, 0) is 112 Å². The Morgan fingerprint density at radius 3 is 1.58 bits per heavy atom. The van der Waals surface area contributed by atoms with Gasteiger partial charge >= 0.3 is 29.8 Å². The van der Waals surface area contributed by atoms with Crippen molar-refractivity contribution >= 4 is 57.2 Å². The molecule has 65 heavy (non-hydrogen) atoms. The molecule has 12 nitrogen and oxygen atoms in total. The second-order valence-corrected chi connectivity index (χ2v) is 20.3. The molecule has 0 radical (unpaired) electrons. The van der Waals surface area contributed by atoms with Crippen molar-refractivity contribution in [2.75, 3.05) is 20.0 Å². The van der Waals surface area contributed by atoms with Crippen molar-refractivity contribution in [2.45, 2.75) is 161 Å². The van der Waals surface area contributed by atoms with Gasteiger partial charge in [0.15, 0.2) is 0 Å². The Morgan fingerprint density at radius 2 is 1.09 bits per heavy atom. The first-order valence-electron chi connectivity index (χ1n) is 23.2. The van der Waals surface area contributed by atoms with E-state index in [1.54, 1.807) is 27.7 Å². The lowest BCUT2D eigenvalue weighted by Gasteiger charge is -2.48. The van der Waals surface area contributed by atoms with Crippen molar-refractivity contribution in [3.63, 3.8) is 0 Å². The summed E-state index contributed by atoms with van der Waals surface area (Å²) in [5.41, 5.74) is -6.43. The summed E-state index contributed by atoms with van der Waals surface area (Å²) in [5, 5.41) is 13.9. The lowest BCUT2D eigenvalue weighted by molar-refractivity contribution is -0.184. The standard InChI is InChI=1S/C53H76O12/c1-14-18-27-61-44(57)52(12,34-53(13,48(7,8)15-2)47(60)62-29-36(5)54)33-51(11,46(59)65-35-64-43(56)37(6)55)32-50(10,31-49(9,16-3)17-4)45(58)63-30-42-40-25-21-19-23-38(40)28-39-24-20-22-26-41(39)42/h19-26,28,36,54H,14-18,27,29-35H2,1-13H3. The maximum Gasteiger partial charge on any atom is 0.377 e. The molecule has 3 rings (SSSR count). The highest BCUT2D eigenvalue weighted by molar-refractivity contribution is 6.32. The van der Waals surface area contributed by atoms with Crippen LogP contribution in [0.3, 0.4) is 0 Å². The van der Waals surface area contributed by atoms with Crippen LogP contribution in [-0.4, -0.2) is 66.8 Å². The summed E-state index contributed by atoms with van der Waals surface area (Å²) in [7, 11) is 0. The van der Waals surface area contributed by atoms with E-state index in [1.807, 2.05) is 90.1 Å². The number of aliphatic hydroxyl groups is 1. The lowest BCUT2D eigenvalue weighted by atomic mass is 9.55. The van der Waals surface area contributed by atoms with E-state index in [9.17, 15) is 29.1 Å². The summed E-state index contributed by atoms with van der Waals surface area (Å²) in [6, 6.07) is 17.9. The summed E-state index contributed by atoms with van der Waals surface area (Å²) in [5.74, 6) is -4.84. The largest absolute Gasteiger partial charge is 0.465 e. The van der Waals surface area contributed by atoms with Crippen molar-refractivity contribution in [3.05, 3.63) is 60.2 Å². The highest BCUT2D eigenvalue weighted by Crippen LogP contribution is 2.56. The smallest absolute Gasteiger partial charge is 0.377 e. The number of ketones is 1. The molecule has 0 bridgehead atoms. The number of carbonyl (C=O) groups excluding carboxylic acids is 6. The van der Waals surface area contributed by atoms with Gasteiger partial charge < -0.3 is 28.8 Å². The Morgan fingerprint density at radius 1 is 0.600 bits per heavy atom. The maximum absolute atomic E-state index is 15.1. The number of aliphatic hydroxyl groups excluding tert-OH is 1. The lowest BCUT2D eigenvalue weighted by Crippen LogP contribution is -2.51. The number of hydrogen-bond donors (Lipinski definition) is 1. The first-order chi connectivity index (χ1) is 30.3. The van der Waals surface area contributed by atoms with Gasteiger partial charge in [-0.2, -0.15) is 0 Å². The monoisotopic (exact) mass is 905 g/mol. The molecule has 5 unspecified atom stereocenters. The zero-order valence-corrected chi connectivity index (χ0v) is 41.4. The summed E-state index contributed by atoms with van der Waals surface area (Å²) in [6.45, 7) is 22.0. The Kier molecular flexibility index (Phi) is 18.9. The molecule has 0 fully saturated rings. The zero-order chi connectivity index (χ0) is 49.0. The number of carbonyl (C=O) groups is 6. The third-order valence-electron chi connectivity index (χ3n) is 14.2. The van der Waals surface area contributed by atoms with Gasteiger partial charge in [0.2, 0.25) is 12.6 Å². The van der Waals surface area contributed by atoms with E-state index in [1.165, 1.54) is 6.92 Å². The molecule has 0 heterocycles. The fraction of sp³-hybridized carbons (Fsp3) is 0.623. The predicted octanol–water partition coefficient (Wildman–Crippen LogP) is 10.8. The highest BCUT2D eigenvalue weighted by atomic mass is 16.7. The first kappa shape index (κ1) is 54.5. The van der Waals surface area contributed by atoms with Crippen molar-refractivity contribution in [1.82, 2.24) is 0 Å². The van der Waals surface area contributed by atoms with Crippen molar-refractivity contribution in [2.24, 2.45) is 32.5 Å². The molecule has 0 saturated carbocycles. The number of fused-ring (bicyclic) bond motifs is 2. The van der Waals surface area contributed by atoms with Crippen molar-refractivity contribution in [3.8, 4) is 0 Å². The number of Topliss-reactive ketones (excluding diaryl/α,β-unsaturated/α-hetero) is 1. The Labute approximate surface area is 386 Å². The highest BCUT2D eigenvalue weighted by Gasteiger charge is 2.58. The molecule has 1 N–H and O–H groups in total. The SMILES string of the molecule is CCCCOC(=O)C(C)(CC(C)(CC(C)(CC(C)(CC)CC)C(=O)OCc1c2ccccc2cc2ccccc12)C(=O)OCOC(=O)C(C)=O)CC(C)(C(=O)OCC(C)O)C(C)(C)CC. The molecule has 0 spiro atoms. The molecule has 0 aliphatic carbocycles. The molecular formula is C53H76O12. The first-order valence-corrected chi connectivity index (χ1v) is 23.2. The number of hydrogen-bond acceptors (Lipinski definition) is 12. The van der Waals surface area contributed by atoms with Crippen LogP contribution in [0, 0.1) is 32.5 Å². The molecule has 0 amide bonds. The fourth-order valence-electron chi connectivity index (χ4n) is 9.37. The number of unbranched alkanes of at least 4 members (excludes halogenated alkanes) is 1. The molecule has 5 atom stereocenters. The van der Waals surface area contributed by atoms with Crippen LogP contribution in [0.1, 0.15) is 153 Å². The van der Waals surface area contributed by atoms with Gasteiger partial charge in [-0.3, -0.25) is 24.0 Å². The number of rotatable bonds is 26. The zero-order valence-electron chi connectivity index (χ0n) is 41.4. The van der Waals surface area contributed by atoms with Gasteiger partial charge in [-0.1, -0.05) is 116 Å². The van der Waals surface area contributed by atoms with Gasteiger partial charge in [0.1, 0.15) is 13.2 Å². The van der Waals surface area contributed by atoms with E-state index in [2.05, 4.69) is 13.0 Å². The molecule has 3 aromatic carbocycles. The van der Waals surface area contributed by atoms with Crippen LogP contribution in [0.5, 0.6) is 0 Å². The Bertz CT molecular complexity index is 2100. The molecule has 3 aromatic rings. The minimum absolute atomic E-state index is 0.0616. The molecular weight excluding hydrogens is 829 g/mol. The topological polar surface area (TPSA) is 169 Å². The van der Waals surface area contributed by atoms with E-state index < -0.39 is 81.0 Å². The van der Waals surface area contributed by atoms with Crippen LogP contribution in [0.25, 0.3) is 21.5 Å². The second-order valence-electron chi connectivity index (χ2n) is 20.3. The average Bonchev–Trinajstić information content (AvgIpc) is 3.26. The molecule has 0 aliphatic heterocycles. The van der Waals surface area contributed by atoms with Crippen molar-refractivity contribution in [1.29, 1.82) is 0 Å². The quantitative estimate of drug-likeness (QED) is 0.0202. The van der Waals surface area contributed by atoms with Crippen molar-refractivity contribution < 1.29 is 57.6 Å². The normalized spacial score (nSPS) is 16.2. The van der Waals surface area contributed by atoms with Crippen LogP contribution in [-0.2, 0) is 59.1 Å².